The number of halogens is 1. The molecule has 1 rings (SSSR count). The summed E-state index contributed by atoms with van der Waals surface area (Å²) in [6.45, 7) is 2.05. The van der Waals surface area contributed by atoms with E-state index in [2.05, 4.69) is 18.8 Å². The van der Waals surface area contributed by atoms with Crippen molar-refractivity contribution in [2.24, 2.45) is 0 Å². The Morgan fingerprint density at radius 3 is 2.50 bits per heavy atom. The summed E-state index contributed by atoms with van der Waals surface area (Å²) in [6.07, 6.45) is 1.61. The summed E-state index contributed by atoms with van der Waals surface area (Å²) in [5, 5.41) is 0. The van der Waals surface area contributed by atoms with E-state index in [1.807, 2.05) is 24.3 Å². The van der Waals surface area contributed by atoms with Crippen molar-refractivity contribution >= 4 is 11.6 Å². The van der Waals surface area contributed by atoms with Gasteiger partial charge in [-0.3, -0.25) is 0 Å². The standard InChI is InChI=1S/C11H9Cl/c1-10-5-7-11(8-6-10)4-2-3-9-12/h3,5-9H,1H3/b9-3+. The SMILES string of the molecule is Cc1ccc(C#C/C=C/Cl)cc1. The molecule has 0 saturated heterocycles. The zero-order valence-corrected chi connectivity index (χ0v) is 7.60. The molecule has 0 fully saturated rings. The molecule has 0 aromatic heterocycles. The van der Waals surface area contributed by atoms with Gasteiger partial charge in [0.1, 0.15) is 0 Å². The van der Waals surface area contributed by atoms with Gasteiger partial charge in [0.05, 0.1) is 0 Å². The molecule has 0 spiro atoms. The van der Waals surface area contributed by atoms with E-state index in [1.165, 1.54) is 11.1 Å². The Bertz CT molecular complexity index is 322. The summed E-state index contributed by atoms with van der Waals surface area (Å²) >= 11 is 5.31. The van der Waals surface area contributed by atoms with E-state index in [-0.39, 0.29) is 0 Å². The van der Waals surface area contributed by atoms with E-state index in [9.17, 15) is 0 Å². The maximum atomic E-state index is 5.31. The molecule has 0 aliphatic rings. The van der Waals surface area contributed by atoms with Gasteiger partial charge in [0, 0.05) is 11.1 Å². The van der Waals surface area contributed by atoms with Crippen LogP contribution >= 0.6 is 11.6 Å². The maximum Gasteiger partial charge on any atom is 0.0249 e. The fraction of sp³-hybridized carbons (Fsp3) is 0.0909. The monoisotopic (exact) mass is 176 g/mol. The Hall–Kier alpha value is -1.19. The molecule has 0 amide bonds. The molecule has 0 heterocycles. The molecule has 0 nitrogen and oxygen atoms in total. The van der Waals surface area contributed by atoms with E-state index in [1.54, 1.807) is 6.08 Å². The number of aryl methyl sites for hydroxylation is 1. The molecule has 0 N–H and O–H groups in total. The van der Waals surface area contributed by atoms with Crippen LogP contribution in [-0.4, -0.2) is 0 Å². The van der Waals surface area contributed by atoms with Gasteiger partial charge >= 0.3 is 0 Å². The lowest BCUT2D eigenvalue weighted by Gasteiger charge is -1.90. The Morgan fingerprint density at radius 2 is 1.92 bits per heavy atom. The van der Waals surface area contributed by atoms with E-state index in [0.717, 1.165) is 5.56 Å². The van der Waals surface area contributed by atoms with E-state index in [4.69, 9.17) is 11.6 Å². The first-order valence-corrected chi connectivity index (χ1v) is 4.10. The molecule has 1 aromatic rings. The minimum Gasteiger partial charge on any atom is -0.0923 e. The van der Waals surface area contributed by atoms with Crippen molar-refractivity contribution in [1.82, 2.24) is 0 Å². The minimum atomic E-state index is 1.01. The molecule has 0 saturated carbocycles. The molecular weight excluding hydrogens is 168 g/mol. The van der Waals surface area contributed by atoms with Gasteiger partial charge in [0.2, 0.25) is 0 Å². The lowest BCUT2D eigenvalue weighted by molar-refractivity contribution is 1.46. The van der Waals surface area contributed by atoms with Gasteiger partial charge in [-0.2, -0.15) is 0 Å². The molecule has 0 bridgehead atoms. The highest BCUT2D eigenvalue weighted by Crippen LogP contribution is 2.00. The van der Waals surface area contributed by atoms with Crippen LogP contribution in [-0.2, 0) is 0 Å². The van der Waals surface area contributed by atoms with Crippen molar-refractivity contribution in [3.63, 3.8) is 0 Å². The smallest absolute Gasteiger partial charge is 0.0249 e. The van der Waals surface area contributed by atoms with Gasteiger partial charge in [-0.25, -0.2) is 0 Å². The molecule has 0 unspecified atom stereocenters. The van der Waals surface area contributed by atoms with Crippen molar-refractivity contribution in [2.45, 2.75) is 6.92 Å². The first-order chi connectivity index (χ1) is 5.83. The van der Waals surface area contributed by atoms with Crippen LogP contribution < -0.4 is 0 Å². The third-order valence-electron chi connectivity index (χ3n) is 1.41. The van der Waals surface area contributed by atoms with Gasteiger partial charge in [-0.1, -0.05) is 41.1 Å². The molecule has 60 valence electrons. The topological polar surface area (TPSA) is 0 Å². The highest BCUT2D eigenvalue weighted by molar-refractivity contribution is 6.25. The van der Waals surface area contributed by atoms with E-state index in [0.29, 0.717) is 0 Å². The fourth-order valence-electron chi connectivity index (χ4n) is 0.793. The predicted octanol–water partition coefficient (Wildman–Crippen LogP) is 3.10. The summed E-state index contributed by atoms with van der Waals surface area (Å²) in [4.78, 5) is 0. The Balaban J connectivity index is 2.79. The molecule has 0 radical (unpaired) electrons. The van der Waals surface area contributed by atoms with E-state index >= 15 is 0 Å². The van der Waals surface area contributed by atoms with Crippen molar-refractivity contribution in [1.29, 1.82) is 0 Å². The van der Waals surface area contributed by atoms with Gasteiger partial charge < -0.3 is 0 Å². The zero-order chi connectivity index (χ0) is 8.81. The van der Waals surface area contributed by atoms with Crippen LogP contribution in [0, 0.1) is 18.8 Å². The van der Waals surface area contributed by atoms with Crippen LogP contribution in [0.4, 0.5) is 0 Å². The maximum absolute atomic E-state index is 5.31. The third kappa shape index (κ3) is 2.82. The normalized spacial score (nSPS) is 9.50. The van der Waals surface area contributed by atoms with Crippen LogP contribution in [0.5, 0.6) is 0 Å². The lowest BCUT2D eigenvalue weighted by Crippen LogP contribution is -1.73. The third-order valence-corrected chi connectivity index (χ3v) is 1.54. The van der Waals surface area contributed by atoms with Gasteiger partial charge in [-0.05, 0) is 25.1 Å². The van der Waals surface area contributed by atoms with Crippen molar-refractivity contribution in [3.05, 3.63) is 47.0 Å². The first-order valence-electron chi connectivity index (χ1n) is 3.66. The van der Waals surface area contributed by atoms with Crippen molar-refractivity contribution in [2.75, 3.05) is 0 Å². The second-order valence-corrected chi connectivity index (χ2v) is 2.68. The van der Waals surface area contributed by atoms with Crippen molar-refractivity contribution in [3.8, 4) is 11.8 Å². The highest BCUT2D eigenvalue weighted by Gasteiger charge is 1.83. The van der Waals surface area contributed by atoms with Gasteiger partial charge in [0.25, 0.3) is 0 Å². The minimum absolute atomic E-state index is 1.01. The Kier molecular flexibility index (Phi) is 3.44. The van der Waals surface area contributed by atoms with Crippen LogP contribution in [0.3, 0.4) is 0 Å². The summed E-state index contributed by atoms with van der Waals surface area (Å²) in [5.41, 5.74) is 3.66. The van der Waals surface area contributed by atoms with Crippen LogP contribution in [0.25, 0.3) is 0 Å². The number of rotatable bonds is 0. The van der Waals surface area contributed by atoms with Crippen LogP contribution in [0.15, 0.2) is 35.9 Å². The largest absolute Gasteiger partial charge is 0.0923 e. The lowest BCUT2D eigenvalue weighted by atomic mass is 10.2. The van der Waals surface area contributed by atoms with Gasteiger partial charge in [0.15, 0.2) is 0 Å². The molecule has 1 heteroatoms. The molecule has 12 heavy (non-hydrogen) atoms. The highest BCUT2D eigenvalue weighted by atomic mass is 35.5. The Morgan fingerprint density at radius 1 is 1.25 bits per heavy atom. The second kappa shape index (κ2) is 4.64. The number of hydrogen-bond acceptors (Lipinski definition) is 0. The number of allylic oxidation sites excluding steroid dienone is 1. The molecule has 1 aromatic carbocycles. The predicted molar refractivity (Wildman–Crippen MR) is 53.1 cm³/mol. The van der Waals surface area contributed by atoms with Crippen LogP contribution in [0.1, 0.15) is 11.1 Å². The fourth-order valence-corrected chi connectivity index (χ4v) is 0.856. The molecule has 0 aliphatic heterocycles. The molecular formula is C11H9Cl. The average Bonchev–Trinajstić information content (AvgIpc) is 2.09. The molecule has 0 atom stereocenters. The van der Waals surface area contributed by atoms with E-state index < -0.39 is 0 Å². The van der Waals surface area contributed by atoms with Gasteiger partial charge in [-0.15, -0.1) is 0 Å². The summed E-state index contributed by atoms with van der Waals surface area (Å²) in [5.74, 6) is 5.76. The quantitative estimate of drug-likeness (QED) is 0.533. The second-order valence-electron chi connectivity index (χ2n) is 2.43. The summed E-state index contributed by atoms with van der Waals surface area (Å²) in [7, 11) is 0. The number of benzene rings is 1. The summed E-state index contributed by atoms with van der Waals surface area (Å²) < 4.78 is 0. The average molecular weight is 177 g/mol. The number of hydrogen-bond donors (Lipinski definition) is 0. The van der Waals surface area contributed by atoms with Crippen molar-refractivity contribution < 1.29 is 0 Å². The van der Waals surface area contributed by atoms with Crippen LogP contribution in [0.2, 0.25) is 0 Å². The summed E-state index contributed by atoms with van der Waals surface area (Å²) in [6, 6.07) is 8.05. The first kappa shape index (κ1) is 8.90. The molecule has 0 aliphatic carbocycles. The Labute approximate surface area is 77.9 Å². The zero-order valence-electron chi connectivity index (χ0n) is 6.84.